The third-order valence-electron chi connectivity index (χ3n) is 13.7. The molecule has 0 saturated heterocycles. The highest BCUT2D eigenvalue weighted by atomic mass is 16.5. The van der Waals surface area contributed by atoms with Crippen molar-refractivity contribution in [2.24, 2.45) is 50.2 Å². The van der Waals surface area contributed by atoms with Crippen molar-refractivity contribution in [3.05, 3.63) is 11.6 Å². The van der Waals surface area contributed by atoms with E-state index >= 15 is 0 Å². The molecule has 0 spiro atoms. The third kappa shape index (κ3) is 3.64. The maximum Gasteiger partial charge on any atom is 0.329 e. The van der Waals surface area contributed by atoms with Crippen LogP contribution in [0.4, 0.5) is 0 Å². The van der Waals surface area contributed by atoms with E-state index in [4.69, 9.17) is 4.74 Å². The molecule has 0 radical (unpaired) electrons. The number of aliphatic carboxylic acids is 2. The fraction of sp³-hybridized carbons (Fsp3) is 0.875. The van der Waals surface area contributed by atoms with E-state index in [1.54, 1.807) is 5.57 Å². The van der Waals surface area contributed by atoms with Gasteiger partial charge >= 0.3 is 11.9 Å². The van der Waals surface area contributed by atoms with Crippen LogP contribution in [0, 0.1) is 50.2 Å². The molecule has 5 aliphatic carbocycles. The summed E-state index contributed by atoms with van der Waals surface area (Å²) in [5.41, 5.74) is 1.60. The van der Waals surface area contributed by atoms with Crippen LogP contribution >= 0.6 is 0 Å². The van der Waals surface area contributed by atoms with E-state index in [0.29, 0.717) is 17.8 Å². The first kappa shape index (κ1) is 27.2. The Morgan fingerprint density at radius 2 is 1.57 bits per heavy atom. The van der Waals surface area contributed by atoms with Crippen LogP contribution in [-0.4, -0.2) is 34.9 Å². The molecule has 0 heterocycles. The number of fused-ring (bicyclic) bond motifs is 7. The van der Waals surface area contributed by atoms with E-state index < -0.39 is 17.4 Å². The zero-order chi connectivity index (χ0) is 27.2. The van der Waals surface area contributed by atoms with Crippen LogP contribution in [0.1, 0.15) is 113 Å². The summed E-state index contributed by atoms with van der Waals surface area (Å²) in [6.45, 7) is 16.5. The molecule has 0 amide bonds. The lowest BCUT2D eigenvalue weighted by Crippen LogP contribution is -2.64. The van der Waals surface area contributed by atoms with E-state index in [2.05, 4.69) is 47.6 Å². The van der Waals surface area contributed by atoms with Crippen molar-refractivity contribution in [1.82, 2.24) is 0 Å². The van der Waals surface area contributed by atoms with Gasteiger partial charge in [0.15, 0.2) is 0 Å². The zero-order valence-electron chi connectivity index (χ0n) is 24.3. The van der Waals surface area contributed by atoms with Gasteiger partial charge in [-0.25, -0.2) is 4.79 Å². The second kappa shape index (κ2) is 8.32. The van der Waals surface area contributed by atoms with Crippen molar-refractivity contribution in [3.8, 4) is 0 Å². The summed E-state index contributed by atoms with van der Waals surface area (Å²) < 4.78 is 5.97. The number of allylic oxidation sites excluding steroid dienone is 2. The highest BCUT2D eigenvalue weighted by Gasteiger charge is 2.68. The first-order valence-corrected chi connectivity index (χ1v) is 14.8. The maximum atomic E-state index is 12.3. The molecule has 0 aromatic rings. The average molecular weight is 515 g/mol. The Morgan fingerprint density at radius 3 is 2.22 bits per heavy atom. The maximum absolute atomic E-state index is 12.3. The van der Waals surface area contributed by atoms with E-state index in [0.717, 1.165) is 44.9 Å². The fourth-order valence-electron chi connectivity index (χ4n) is 11.0. The molecule has 0 aromatic heterocycles. The van der Waals surface area contributed by atoms with Gasteiger partial charge in [0.2, 0.25) is 0 Å². The van der Waals surface area contributed by atoms with Gasteiger partial charge in [-0.15, -0.1) is 0 Å². The molecule has 4 saturated carbocycles. The van der Waals surface area contributed by atoms with Crippen LogP contribution in [0.3, 0.4) is 0 Å². The van der Waals surface area contributed by atoms with Crippen LogP contribution < -0.4 is 0 Å². The van der Waals surface area contributed by atoms with Crippen molar-refractivity contribution >= 4 is 11.9 Å². The van der Waals surface area contributed by atoms with E-state index in [1.165, 1.54) is 19.3 Å². The second-order valence-electron chi connectivity index (χ2n) is 15.6. The van der Waals surface area contributed by atoms with Crippen molar-refractivity contribution in [3.63, 3.8) is 0 Å². The molecule has 2 N–H and O–H groups in total. The Labute approximate surface area is 223 Å². The van der Waals surface area contributed by atoms with Gasteiger partial charge < -0.3 is 14.9 Å². The minimum atomic E-state index is -0.885. The quantitative estimate of drug-likeness (QED) is 0.383. The molecule has 5 aliphatic rings. The summed E-state index contributed by atoms with van der Waals surface area (Å²) in [4.78, 5) is 23.5. The van der Waals surface area contributed by atoms with Gasteiger partial charge in [-0.3, -0.25) is 4.79 Å². The number of carboxylic acids is 2. The molecular formula is C32H50O5. The van der Waals surface area contributed by atoms with Crippen LogP contribution in [-0.2, 0) is 14.3 Å². The Balaban J connectivity index is 1.50. The van der Waals surface area contributed by atoms with Crippen molar-refractivity contribution < 1.29 is 24.5 Å². The van der Waals surface area contributed by atoms with Gasteiger partial charge in [0.25, 0.3) is 0 Å². The number of rotatable bonds is 4. The molecule has 5 heteroatoms. The van der Waals surface area contributed by atoms with Crippen LogP contribution in [0.2, 0.25) is 0 Å². The van der Waals surface area contributed by atoms with Crippen LogP contribution in [0.15, 0.2) is 11.6 Å². The number of ether oxygens (including phenoxy) is 1. The largest absolute Gasteiger partial charge is 0.481 e. The second-order valence-corrected chi connectivity index (χ2v) is 15.6. The number of carboxylic acid groups (broad SMARTS) is 2. The summed E-state index contributed by atoms with van der Waals surface area (Å²) >= 11 is 0. The predicted molar refractivity (Wildman–Crippen MR) is 144 cm³/mol. The smallest absolute Gasteiger partial charge is 0.329 e. The predicted octanol–water partition coefficient (Wildman–Crippen LogP) is 7.34. The molecular weight excluding hydrogens is 464 g/mol. The molecule has 9 atom stereocenters. The first-order chi connectivity index (χ1) is 17.0. The van der Waals surface area contributed by atoms with E-state index in [-0.39, 0.29) is 39.8 Å². The number of hydrogen-bond acceptors (Lipinski definition) is 3. The lowest BCUT2D eigenvalue weighted by Gasteiger charge is -2.71. The van der Waals surface area contributed by atoms with Gasteiger partial charge in [-0.1, -0.05) is 53.2 Å². The fourth-order valence-corrected chi connectivity index (χ4v) is 11.0. The minimum absolute atomic E-state index is 0.0114. The lowest BCUT2D eigenvalue weighted by atomic mass is 9.33. The summed E-state index contributed by atoms with van der Waals surface area (Å²) in [6.07, 6.45) is 13.0. The van der Waals surface area contributed by atoms with Crippen molar-refractivity contribution in [2.75, 3.05) is 6.61 Å². The third-order valence-corrected chi connectivity index (χ3v) is 13.7. The molecule has 3 unspecified atom stereocenters. The molecule has 0 bridgehead atoms. The Hall–Kier alpha value is -1.36. The first-order valence-electron chi connectivity index (χ1n) is 14.8. The number of hydrogen-bond donors (Lipinski definition) is 2. The Kier molecular flexibility index (Phi) is 6.12. The average Bonchev–Trinajstić information content (AvgIpc) is 2.79. The zero-order valence-corrected chi connectivity index (χ0v) is 24.3. The van der Waals surface area contributed by atoms with Gasteiger partial charge in [-0.2, -0.15) is 0 Å². The van der Waals surface area contributed by atoms with Gasteiger partial charge in [0.05, 0.1) is 11.5 Å². The highest BCUT2D eigenvalue weighted by Crippen LogP contribution is 2.75. The SMILES string of the molecule is CC1(C(=O)O)CC[C@]2(C)CC[C@]3(C)C(=CCC4[C@@]5(C)CC[C@H](OCC(=O)O)C(C)(C)C5CC[C@]43C)[C@H]2C1. The molecule has 0 aromatic carbocycles. The normalized spacial score (nSPS) is 50.5. The summed E-state index contributed by atoms with van der Waals surface area (Å²) in [5.74, 6) is -0.0707. The molecule has 0 aliphatic heterocycles. The molecule has 4 fully saturated rings. The van der Waals surface area contributed by atoms with Crippen LogP contribution in [0.25, 0.3) is 0 Å². The standard InChI is InChI=1S/C32H50O5/c1-27(2)22-10-13-32(7)23(30(22,5)12-11-24(27)37-19-25(33)34)9-8-20-21-18-29(4,26(35)36)15-14-28(21,3)16-17-31(20,32)6/h8,21-24H,9-19H2,1-7H3,(H,33,34)(H,35,36)/t21-,22?,23?,24+,28-,29?,30+,31-,32-/m1/s1. The summed E-state index contributed by atoms with van der Waals surface area (Å²) in [5, 5.41) is 19.3. The highest BCUT2D eigenvalue weighted by molar-refractivity contribution is 5.74. The summed E-state index contributed by atoms with van der Waals surface area (Å²) in [7, 11) is 0. The van der Waals surface area contributed by atoms with E-state index in [9.17, 15) is 19.8 Å². The van der Waals surface area contributed by atoms with Crippen LogP contribution in [0.5, 0.6) is 0 Å². The molecule has 5 nitrogen and oxygen atoms in total. The van der Waals surface area contributed by atoms with Crippen molar-refractivity contribution in [2.45, 2.75) is 119 Å². The molecule has 208 valence electrons. The lowest BCUT2D eigenvalue weighted by molar-refractivity contribution is -0.212. The van der Waals surface area contributed by atoms with Crippen molar-refractivity contribution in [1.29, 1.82) is 0 Å². The van der Waals surface area contributed by atoms with Gasteiger partial charge in [0.1, 0.15) is 6.61 Å². The van der Waals surface area contributed by atoms with E-state index in [1.807, 2.05) is 6.92 Å². The topological polar surface area (TPSA) is 83.8 Å². The Bertz CT molecular complexity index is 1010. The number of carbonyl (C=O) groups is 2. The summed E-state index contributed by atoms with van der Waals surface area (Å²) in [6, 6.07) is 0. The Morgan fingerprint density at radius 1 is 0.892 bits per heavy atom. The monoisotopic (exact) mass is 514 g/mol. The molecule has 37 heavy (non-hydrogen) atoms. The molecule has 5 rings (SSSR count). The van der Waals surface area contributed by atoms with Gasteiger partial charge in [-0.05, 0) is 116 Å². The van der Waals surface area contributed by atoms with Gasteiger partial charge in [0, 0.05) is 0 Å². The minimum Gasteiger partial charge on any atom is -0.481 e.